The van der Waals surface area contributed by atoms with Gasteiger partial charge in [0, 0.05) is 0 Å². The Morgan fingerprint density at radius 1 is 1.00 bits per heavy atom. The second kappa shape index (κ2) is 0.781. The molecule has 0 atom stereocenters. The highest BCUT2D eigenvalue weighted by Crippen LogP contribution is 0.984. The highest BCUT2D eigenvalue weighted by Gasteiger charge is 1.89. The van der Waals surface area contributed by atoms with Crippen molar-refractivity contribution in [2.45, 2.75) is 0 Å². The zero-order valence-electron chi connectivity index (χ0n) is 3.15. The lowest BCUT2D eigenvalue weighted by Crippen LogP contribution is -3.31. The van der Waals surface area contributed by atoms with E-state index in [1.165, 1.54) is 0 Å². The molecule has 0 bridgehead atoms. The first-order valence-corrected chi connectivity index (χ1v) is 2.31. The van der Waals surface area contributed by atoms with Gasteiger partial charge < -0.3 is 10.3 Å². The van der Waals surface area contributed by atoms with Crippen LogP contribution < -0.4 is 10.3 Å². The molecular formula is H8B2N2. The van der Waals surface area contributed by atoms with E-state index in [2.05, 4.69) is 10.3 Å². The normalized spacial score (nSPS) is 24.0. The Morgan fingerprint density at radius 3 is 1.25 bits per heavy atom. The van der Waals surface area contributed by atoms with E-state index < -0.39 is 0 Å². The van der Waals surface area contributed by atoms with Crippen LogP contribution in [0.2, 0.25) is 0 Å². The summed E-state index contributed by atoms with van der Waals surface area (Å²) in [5, 5.41) is 5.00. The Morgan fingerprint density at radius 2 is 1.25 bits per heavy atom. The third-order valence-electron chi connectivity index (χ3n) is 1.33. The van der Waals surface area contributed by atoms with Crippen LogP contribution >= 0.6 is 0 Å². The van der Waals surface area contributed by atoms with Crippen molar-refractivity contribution in [3.05, 3.63) is 0 Å². The van der Waals surface area contributed by atoms with Gasteiger partial charge in [-0.25, -0.2) is 0 Å². The molecule has 4 heavy (non-hydrogen) atoms. The van der Waals surface area contributed by atoms with Gasteiger partial charge in [0.25, 0.3) is 0 Å². The van der Waals surface area contributed by atoms with Crippen LogP contribution in [0, 0.1) is 0 Å². The molecule has 0 aromatic rings. The van der Waals surface area contributed by atoms with Gasteiger partial charge in [0.2, 0.25) is 0 Å². The minimum Gasteiger partial charge on any atom is -0.647 e. The van der Waals surface area contributed by atoms with E-state index in [9.17, 15) is 0 Å². The van der Waals surface area contributed by atoms with Crippen molar-refractivity contribution in [1.29, 1.82) is 0 Å². The average molecular weight is 57.7 g/mol. The van der Waals surface area contributed by atoms with Crippen LogP contribution in [-0.2, 0) is 0 Å². The molecule has 0 radical (unpaired) electrons. The first-order chi connectivity index (χ1) is 2.00. The summed E-state index contributed by atoms with van der Waals surface area (Å²) in [7, 11) is 1.00. The second-order valence-electron chi connectivity index (χ2n) is 1.82. The molecule has 0 aliphatic carbocycles. The molecule has 1 fully saturated rings. The summed E-state index contributed by atoms with van der Waals surface area (Å²) in [4.78, 5) is 0. The predicted octanol–water partition coefficient (Wildman–Crippen LogP) is -4.88. The second-order valence-corrected chi connectivity index (χ2v) is 1.82. The number of rotatable bonds is 0. The Labute approximate surface area is 26.5 Å². The van der Waals surface area contributed by atoms with Gasteiger partial charge in [0.1, 0.15) is 0 Å². The van der Waals surface area contributed by atoms with Gasteiger partial charge in [-0.2, -0.15) is 0 Å². The zero-order chi connectivity index (χ0) is 2.83. The van der Waals surface area contributed by atoms with Crippen molar-refractivity contribution in [3.8, 4) is 0 Å². The minimum absolute atomic E-state index is 0.500. The lowest BCUT2D eigenvalue weighted by Gasteiger charge is -2.23. The molecule has 2 nitrogen and oxygen atoms in total. The SMILES string of the molecule is [BH2-]1[NH2+][BH2-][NH2+]1. The minimum atomic E-state index is 0.500. The Bertz CT molecular complexity index is 12.0. The molecule has 24 valence electrons. The van der Waals surface area contributed by atoms with Crippen LogP contribution in [0.3, 0.4) is 0 Å². The van der Waals surface area contributed by atoms with Gasteiger partial charge in [0.15, 0.2) is 0 Å². The molecule has 0 aromatic carbocycles. The number of quaternary nitrogens is 2. The molecule has 0 aromatic heterocycles. The Hall–Kier alpha value is 0.0499. The van der Waals surface area contributed by atoms with E-state index in [1.54, 1.807) is 0 Å². The highest BCUT2D eigenvalue weighted by molar-refractivity contribution is 6.38. The fraction of sp³-hybridized carbons (Fsp3) is 0. The van der Waals surface area contributed by atoms with Crippen molar-refractivity contribution >= 4 is 15.1 Å². The molecule has 4 heteroatoms. The van der Waals surface area contributed by atoms with Gasteiger partial charge >= 0.3 is 15.1 Å². The van der Waals surface area contributed by atoms with Gasteiger partial charge in [-0.1, -0.05) is 0 Å². The van der Waals surface area contributed by atoms with Gasteiger partial charge in [0.05, 0.1) is 0 Å². The van der Waals surface area contributed by atoms with Gasteiger partial charge in [-0.3, -0.25) is 0 Å². The average Bonchev–Trinajstić information content (AvgIpc) is 0.722. The van der Waals surface area contributed by atoms with E-state index >= 15 is 0 Å². The maximum atomic E-state index is 2.50. The maximum absolute atomic E-state index is 2.50. The third-order valence-corrected chi connectivity index (χ3v) is 1.33. The van der Waals surface area contributed by atoms with Crippen molar-refractivity contribution in [3.63, 3.8) is 0 Å². The number of hydrogen-bond donors (Lipinski definition) is 2. The fourth-order valence-electron chi connectivity index (χ4n) is 0.333. The van der Waals surface area contributed by atoms with E-state index in [0.29, 0.717) is 15.1 Å². The van der Waals surface area contributed by atoms with Gasteiger partial charge in [-0.05, 0) is 0 Å². The van der Waals surface area contributed by atoms with Crippen LogP contribution in [0.25, 0.3) is 0 Å². The predicted molar refractivity (Wildman–Crippen MR) is 20.9 cm³/mol. The summed E-state index contributed by atoms with van der Waals surface area (Å²) in [5.74, 6) is 0. The van der Waals surface area contributed by atoms with Crippen LogP contribution in [0.15, 0.2) is 0 Å². The molecule has 1 saturated heterocycles. The van der Waals surface area contributed by atoms with Crippen LogP contribution in [-0.4, -0.2) is 15.1 Å². The monoisotopic (exact) mass is 58.1 g/mol. The van der Waals surface area contributed by atoms with Gasteiger partial charge in [-0.15, -0.1) is 0 Å². The molecule has 0 amide bonds. The Balaban J connectivity index is 2.00. The number of hydrogen-bond acceptors (Lipinski definition) is 0. The van der Waals surface area contributed by atoms with E-state index in [0.717, 1.165) is 0 Å². The zero-order valence-corrected chi connectivity index (χ0v) is 3.15. The van der Waals surface area contributed by atoms with Crippen LogP contribution in [0.4, 0.5) is 0 Å². The largest absolute Gasteiger partial charge is 0.647 e. The van der Waals surface area contributed by atoms with E-state index in [4.69, 9.17) is 0 Å². The molecule has 4 N–H and O–H groups in total. The highest BCUT2D eigenvalue weighted by atomic mass is 15.0. The molecule has 1 rings (SSSR count). The summed E-state index contributed by atoms with van der Waals surface area (Å²) < 4.78 is 0. The molecular weight excluding hydrogens is 49.6 g/mol. The van der Waals surface area contributed by atoms with Crippen LogP contribution in [0.1, 0.15) is 0 Å². The summed E-state index contributed by atoms with van der Waals surface area (Å²) in [6.07, 6.45) is 0. The lowest BCUT2D eigenvalue weighted by atomic mass is 9.85. The van der Waals surface area contributed by atoms with Crippen molar-refractivity contribution in [1.82, 2.24) is 0 Å². The molecule has 0 saturated carbocycles. The first-order valence-electron chi connectivity index (χ1n) is 2.31. The number of nitrogens with two attached hydrogens (primary N) is 2. The van der Waals surface area contributed by atoms with E-state index in [1.807, 2.05) is 0 Å². The van der Waals surface area contributed by atoms with Crippen LogP contribution in [0.5, 0.6) is 0 Å². The van der Waals surface area contributed by atoms with Crippen molar-refractivity contribution in [2.24, 2.45) is 0 Å². The smallest absolute Gasteiger partial charge is 0.306 e. The molecule has 1 aliphatic heterocycles. The summed E-state index contributed by atoms with van der Waals surface area (Å²) in [5.41, 5.74) is 0. The quantitative estimate of drug-likeness (QED) is 0.262. The third kappa shape index (κ3) is 0.138. The maximum Gasteiger partial charge on any atom is 0.306 e. The fourth-order valence-corrected chi connectivity index (χ4v) is 0.333. The lowest BCUT2D eigenvalue weighted by molar-refractivity contribution is -0.626. The van der Waals surface area contributed by atoms with Crippen molar-refractivity contribution in [2.75, 3.05) is 0 Å². The summed E-state index contributed by atoms with van der Waals surface area (Å²) in [6, 6.07) is 0. The Kier molecular flexibility index (Phi) is 0.449. The van der Waals surface area contributed by atoms with E-state index in [-0.39, 0.29) is 0 Å². The van der Waals surface area contributed by atoms with Crippen molar-refractivity contribution < 1.29 is 10.3 Å². The first kappa shape index (κ1) is 2.30. The molecule has 1 aliphatic rings. The molecule has 0 unspecified atom stereocenters. The standard InChI is InChI=1S/B2H8N2/c1-3-2-4-1/h1-4H2. The summed E-state index contributed by atoms with van der Waals surface area (Å²) in [6.45, 7) is 0. The molecule has 0 spiro atoms. The topological polar surface area (TPSA) is 33.2 Å². The molecule has 1 heterocycles. The summed E-state index contributed by atoms with van der Waals surface area (Å²) >= 11 is 0.